The monoisotopic (exact) mass is 442 g/mol. The zero-order valence-corrected chi connectivity index (χ0v) is 18.3. The maximum Gasteiger partial charge on any atom is 0.272 e. The first-order valence-corrected chi connectivity index (χ1v) is 11.4. The van der Waals surface area contributed by atoms with E-state index < -0.39 is 0 Å². The van der Waals surface area contributed by atoms with E-state index in [1.807, 2.05) is 41.4 Å². The van der Waals surface area contributed by atoms with Gasteiger partial charge in [-0.2, -0.15) is 5.11 Å². The Balaban J connectivity index is 1.37. The molecule has 0 radical (unpaired) electrons. The first-order chi connectivity index (χ1) is 16.2. The molecule has 2 N–H and O–H groups in total. The zero-order valence-electron chi connectivity index (χ0n) is 18.3. The number of fused-ring (bicyclic) bond motifs is 1. The standard InChI is InChI=1S/C25H26N6O2/c32-24(29-22-9-4-12-26-23(22)25(33)27-15-17-5-3-6-17)21-11-10-18(16-31-14-13-28-30-31)19-7-1-2-8-20(19)21/h1-2,4,7-12,17H,3,5-6,13-16H2,(H,27,33)(H,29,32). The van der Waals surface area contributed by atoms with Gasteiger partial charge >= 0.3 is 0 Å². The fraction of sp³-hybridized carbons (Fsp3) is 0.320. The molecule has 1 aliphatic heterocycles. The van der Waals surface area contributed by atoms with E-state index in [4.69, 9.17) is 0 Å². The molecule has 2 heterocycles. The van der Waals surface area contributed by atoms with Crippen molar-refractivity contribution in [1.29, 1.82) is 0 Å². The van der Waals surface area contributed by atoms with Crippen molar-refractivity contribution < 1.29 is 9.59 Å². The molecule has 1 aromatic heterocycles. The van der Waals surface area contributed by atoms with Crippen LogP contribution in [0.25, 0.3) is 10.8 Å². The van der Waals surface area contributed by atoms with E-state index in [2.05, 4.69) is 26.0 Å². The summed E-state index contributed by atoms with van der Waals surface area (Å²) in [5.74, 6) is 0.0000462. The van der Waals surface area contributed by atoms with E-state index in [0.29, 0.717) is 36.8 Å². The van der Waals surface area contributed by atoms with Crippen LogP contribution in [0.4, 0.5) is 5.69 Å². The molecule has 0 saturated heterocycles. The molecule has 2 aromatic carbocycles. The molecule has 1 fully saturated rings. The molecular formula is C25H26N6O2. The van der Waals surface area contributed by atoms with Gasteiger partial charge in [0.1, 0.15) is 0 Å². The van der Waals surface area contributed by atoms with Gasteiger partial charge in [0, 0.05) is 18.3 Å². The number of hydrogen-bond acceptors (Lipinski definition) is 6. The lowest BCUT2D eigenvalue weighted by Gasteiger charge is -2.25. The highest BCUT2D eigenvalue weighted by Crippen LogP contribution is 2.27. The molecule has 1 saturated carbocycles. The van der Waals surface area contributed by atoms with E-state index in [1.54, 1.807) is 18.3 Å². The average molecular weight is 443 g/mol. The third-order valence-corrected chi connectivity index (χ3v) is 6.31. The molecule has 2 aliphatic rings. The smallest absolute Gasteiger partial charge is 0.272 e. The van der Waals surface area contributed by atoms with Crippen LogP contribution in [0, 0.1) is 5.92 Å². The summed E-state index contributed by atoms with van der Waals surface area (Å²) in [5, 5.41) is 17.8. The number of carbonyl (C=O) groups excluding carboxylic acids is 2. The number of nitrogens with one attached hydrogen (secondary N) is 2. The topological polar surface area (TPSA) is 99.0 Å². The highest BCUT2D eigenvalue weighted by Gasteiger charge is 2.21. The predicted molar refractivity (Wildman–Crippen MR) is 126 cm³/mol. The largest absolute Gasteiger partial charge is 0.350 e. The molecule has 0 spiro atoms. The van der Waals surface area contributed by atoms with Gasteiger partial charge < -0.3 is 10.6 Å². The number of carbonyl (C=O) groups is 2. The molecule has 168 valence electrons. The van der Waals surface area contributed by atoms with Crippen LogP contribution < -0.4 is 10.6 Å². The van der Waals surface area contributed by atoms with Crippen LogP contribution in [0.15, 0.2) is 65.1 Å². The normalized spacial score (nSPS) is 15.5. The number of rotatable bonds is 7. The third kappa shape index (κ3) is 4.55. The van der Waals surface area contributed by atoms with E-state index in [1.165, 1.54) is 6.42 Å². The van der Waals surface area contributed by atoms with Crippen LogP contribution in [0.2, 0.25) is 0 Å². The molecule has 33 heavy (non-hydrogen) atoms. The van der Waals surface area contributed by atoms with Crippen molar-refractivity contribution in [1.82, 2.24) is 15.3 Å². The minimum Gasteiger partial charge on any atom is -0.350 e. The minimum absolute atomic E-state index is 0.227. The fourth-order valence-electron chi connectivity index (χ4n) is 4.24. The Hall–Kier alpha value is -3.81. The van der Waals surface area contributed by atoms with Gasteiger partial charge in [0.15, 0.2) is 5.69 Å². The van der Waals surface area contributed by atoms with Gasteiger partial charge in [-0.3, -0.25) is 14.6 Å². The lowest BCUT2D eigenvalue weighted by atomic mass is 9.85. The Bertz CT molecular complexity index is 1220. The number of hydrogen-bond donors (Lipinski definition) is 2. The summed E-state index contributed by atoms with van der Waals surface area (Å²) in [6, 6.07) is 15.0. The second-order valence-corrected chi connectivity index (χ2v) is 8.52. The minimum atomic E-state index is -0.278. The lowest BCUT2D eigenvalue weighted by Crippen LogP contribution is -2.33. The van der Waals surface area contributed by atoms with E-state index >= 15 is 0 Å². The summed E-state index contributed by atoms with van der Waals surface area (Å²) in [5.41, 5.74) is 2.26. The highest BCUT2D eigenvalue weighted by molar-refractivity contribution is 6.15. The maximum absolute atomic E-state index is 13.3. The summed E-state index contributed by atoms with van der Waals surface area (Å²) in [4.78, 5) is 30.2. The summed E-state index contributed by atoms with van der Waals surface area (Å²) >= 11 is 0. The molecular weight excluding hydrogens is 416 g/mol. The van der Waals surface area contributed by atoms with Gasteiger partial charge in [-0.25, -0.2) is 4.98 Å². The van der Waals surface area contributed by atoms with Gasteiger partial charge in [-0.1, -0.05) is 42.0 Å². The average Bonchev–Trinajstić information content (AvgIpc) is 3.31. The van der Waals surface area contributed by atoms with Crippen molar-refractivity contribution >= 4 is 28.3 Å². The summed E-state index contributed by atoms with van der Waals surface area (Å²) < 4.78 is 0. The summed E-state index contributed by atoms with van der Waals surface area (Å²) in [6.07, 6.45) is 5.08. The molecule has 3 aromatic rings. The van der Waals surface area contributed by atoms with Crippen LogP contribution in [0.1, 0.15) is 45.7 Å². The van der Waals surface area contributed by atoms with Crippen LogP contribution in [0.3, 0.4) is 0 Å². The van der Waals surface area contributed by atoms with Crippen LogP contribution in [-0.2, 0) is 6.54 Å². The van der Waals surface area contributed by atoms with Gasteiger partial charge in [-0.05, 0) is 53.3 Å². The maximum atomic E-state index is 13.3. The molecule has 8 nitrogen and oxygen atoms in total. The zero-order chi connectivity index (χ0) is 22.6. The van der Waals surface area contributed by atoms with Gasteiger partial charge in [-0.15, -0.1) is 0 Å². The first-order valence-electron chi connectivity index (χ1n) is 11.4. The molecule has 0 atom stereocenters. The van der Waals surface area contributed by atoms with Gasteiger partial charge in [0.05, 0.1) is 25.3 Å². The third-order valence-electron chi connectivity index (χ3n) is 6.31. The molecule has 5 rings (SSSR count). The number of aromatic nitrogens is 1. The molecule has 2 amide bonds. The number of anilines is 1. The Morgan fingerprint density at radius 1 is 1.00 bits per heavy atom. The summed E-state index contributed by atoms with van der Waals surface area (Å²) in [6.45, 7) is 2.79. The second kappa shape index (κ2) is 9.36. The Labute approximate surface area is 192 Å². The van der Waals surface area contributed by atoms with Crippen molar-refractivity contribution in [2.24, 2.45) is 16.3 Å². The second-order valence-electron chi connectivity index (χ2n) is 8.52. The Morgan fingerprint density at radius 2 is 1.85 bits per heavy atom. The van der Waals surface area contributed by atoms with Crippen LogP contribution in [-0.4, -0.2) is 41.4 Å². The summed E-state index contributed by atoms with van der Waals surface area (Å²) in [7, 11) is 0. The van der Waals surface area contributed by atoms with Crippen molar-refractivity contribution in [3.8, 4) is 0 Å². The highest BCUT2D eigenvalue weighted by atomic mass is 16.2. The number of benzene rings is 2. The quantitative estimate of drug-likeness (QED) is 0.573. The van der Waals surface area contributed by atoms with Crippen LogP contribution >= 0.6 is 0 Å². The van der Waals surface area contributed by atoms with Crippen molar-refractivity contribution in [3.05, 3.63) is 71.5 Å². The first kappa shape index (κ1) is 21.1. The van der Waals surface area contributed by atoms with Crippen molar-refractivity contribution in [2.45, 2.75) is 25.8 Å². The lowest BCUT2D eigenvalue weighted by molar-refractivity contribution is 0.0935. The van der Waals surface area contributed by atoms with Crippen molar-refractivity contribution in [2.75, 3.05) is 25.0 Å². The number of pyridine rings is 1. The molecule has 0 bridgehead atoms. The van der Waals surface area contributed by atoms with Crippen LogP contribution in [0.5, 0.6) is 0 Å². The molecule has 1 aliphatic carbocycles. The molecule has 8 heteroatoms. The molecule has 0 unspecified atom stereocenters. The Morgan fingerprint density at radius 3 is 2.61 bits per heavy atom. The fourth-order valence-corrected chi connectivity index (χ4v) is 4.24. The Kier molecular flexibility index (Phi) is 5.97. The van der Waals surface area contributed by atoms with Crippen molar-refractivity contribution in [3.63, 3.8) is 0 Å². The van der Waals surface area contributed by atoms with E-state index in [9.17, 15) is 9.59 Å². The number of nitrogens with zero attached hydrogens (tertiary/aromatic N) is 4. The van der Waals surface area contributed by atoms with E-state index in [0.717, 1.165) is 35.7 Å². The van der Waals surface area contributed by atoms with E-state index in [-0.39, 0.29) is 17.5 Å². The SMILES string of the molecule is O=C(NCC1CCC1)c1ncccc1NC(=O)c1ccc(CN2CCN=N2)c2ccccc12. The number of amides is 2. The van der Waals surface area contributed by atoms with Gasteiger partial charge in [0.2, 0.25) is 0 Å². The van der Waals surface area contributed by atoms with Gasteiger partial charge in [0.25, 0.3) is 11.8 Å². The predicted octanol–water partition coefficient (Wildman–Crippen LogP) is 4.20.